The minimum atomic E-state index is -0.608. The van der Waals surface area contributed by atoms with Crippen LogP contribution < -0.4 is 10.1 Å². The Hall–Kier alpha value is -2.86. The number of benzene rings is 2. The fourth-order valence-electron chi connectivity index (χ4n) is 1.88. The number of nitrogens with one attached hydrogen (secondary N) is 1. The van der Waals surface area contributed by atoms with Crippen molar-refractivity contribution < 1.29 is 14.5 Å². The first-order chi connectivity index (χ1) is 11.0. The predicted octanol–water partition coefficient (Wildman–Crippen LogP) is 3.91. The summed E-state index contributed by atoms with van der Waals surface area (Å²) in [6, 6.07) is 11.3. The SMILES string of the molecule is COc1ccccc1C=CC(=O)Nc1ccc(Cl)c([N+](=O)[O-])c1. The van der Waals surface area contributed by atoms with Gasteiger partial charge in [0.1, 0.15) is 10.8 Å². The molecule has 1 amide bonds. The second-order valence-electron chi connectivity index (χ2n) is 4.49. The van der Waals surface area contributed by atoms with E-state index in [-0.39, 0.29) is 16.4 Å². The standard InChI is InChI=1S/C16H13ClN2O4/c1-23-15-5-3-2-4-11(15)6-9-16(20)18-12-7-8-13(17)14(10-12)19(21)22/h2-10H,1H3,(H,18,20). The highest BCUT2D eigenvalue weighted by Crippen LogP contribution is 2.27. The van der Waals surface area contributed by atoms with Crippen molar-refractivity contribution in [3.05, 3.63) is 69.2 Å². The summed E-state index contributed by atoms with van der Waals surface area (Å²) < 4.78 is 5.18. The van der Waals surface area contributed by atoms with Crippen LogP contribution in [0.4, 0.5) is 11.4 Å². The monoisotopic (exact) mass is 332 g/mol. The number of nitro groups is 1. The zero-order valence-electron chi connectivity index (χ0n) is 12.2. The Kier molecular flexibility index (Phi) is 5.32. The molecule has 0 saturated heterocycles. The van der Waals surface area contributed by atoms with E-state index in [1.165, 1.54) is 24.3 Å². The maximum atomic E-state index is 11.9. The van der Waals surface area contributed by atoms with Gasteiger partial charge in [-0.15, -0.1) is 0 Å². The van der Waals surface area contributed by atoms with Gasteiger partial charge in [0.05, 0.1) is 12.0 Å². The molecule has 0 aliphatic heterocycles. The van der Waals surface area contributed by atoms with Crippen molar-refractivity contribution in [3.8, 4) is 5.75 Å². The van der Waals surface area contributed by atoms with E-state index in [0.717, 1.165) is 5.56 Å². The van der Waals surface area contributed by atoms with Gasteiger partial charge in [-0.05, 0) is 24.3 Å². The number of carbonyl (C=O) groups excluding carboxylic acids is 1. The summed E-state index contributed by atoms with van der Waals surface area (Å²) in [5.74, 6) is 0.214. The maximum absolute atomic E-state index is 11.9. The van der Waals surface area contributed by atoms with Gasteiger partial charge in [0.25, 0.3) is 5.69 Å². The number of halogens is 1. The molecule has 0 saturated carbocycles. The Balaban J connectivity index is 2.12. The molecule has 0 aliphatic rings. The zero-order chi connectivity index (χ0) is 16.8. The van der Waals surface area contributed by atoms with E-state index < -0.39 is 10.8 Å². The van der Waals surface area contributed by atoms with Gasteiger partial charge in [-0.25, -0.2) is 0 Å². The molecule has 2 rings (SSSR count). The van der Waals surface area contributed by atoms with Crippen LogP contribution in [0.25, 0.3) is 6.08 Å². The number of hydrogen-bond acceptors (Lipinski definition) is 4. The highest BCUT2D eigenvalue weighted by Gasteiger charge is 2.13. The Morgan fingerprint density at radius 1 is 1.30 bits per heavy atom. The number of rotatable bonds is 5. The van der Waals surface area contributed by atoms with Gasteiger partial charge < -0.3 is 10.1 Å². The van der Waals surface area contributed by atoms with Crippen LogP contribution in [0.1, 0.15) is 5.56 Å². The molecule has 1 N–H and O–H groups in total. The lowest BCUT2D eigenvalue weighted by Crippen LogP contribution is -2.08. The van der Waals surface area contributed by atoms with Crippen molar-refractivity contribution in [2.24, 2.45) is 0 Å². The minimum Gasteiger partial charge on any atom is -0.496 e. The summed E-state index contributed by atoms with van der Waals surface area (Å²) in [7, 11) is 1.54. The molecule has 6 nitrogen and oxygen atoms in total. The first-order valence-electron chi connectivity index (χ1n) is 6.57. The quantitative estimate of drug-likeness (QED) is 0.511. The predicted molar refractivity (Wildman–Crippen MR) is 88.8 cm³/mol. The van der Waals surface area contributed by atoms with E-state index in [9.17, 15) is 14.9 Å². The number of nitrogens with zero attached hydrogens (tertiary/aromatic N) is 1. The molecule has 0 fully saturated rings. The highest BCUT2D eigenvalue weighted by atomic mass is 35.5. The first-order valence-corrected chi connectivity index (χ1v) is 6.95. The molecule has 0 aliphatic carbocycles. The van der Waals surface area contributed by atoms with E-state index in [0.29, 0.717) is 5.75 Å². The molecule has 23 heavy (non-hydrogen) atoms. The minimum absolute atomic E-state index is 0.0116. The topological polar surface area (TPSA) is 81.5 Å². The van der Waals surface area contributed by atoms with Gasteiger partial charge in [0, 0.05) is 23.4 Å². The van der Waals surface area contributed by atoms with Crippen LogP contribution in [0.3, 0.4) is 0 Å². The molecule has 0 spiro atoms. The van der Waals surface area contributed by atoms with Crippen molar-refractivity contribution >= 4 is 35.0 Å². The van der Waals surface area contributed by atoms with Crippen molar-refractivity contribution in [2.75, 3.05) is 12.4 Å². The lowest BCUT2D eigenvalue weighted by Gasteiger charge is -2.04. The number of ether oxygens (including phenoxy) is 1. The fourth-order valence-corrected chi connectivity index (χ4v) is 2.07. The van der Waals surface area contributed by atoms with Crippen LogP contribution in [0.2, 0.25) is 5.02 Å². The largest absolute Gasteiger partial charge is 0.496 e. The summed E-state index contributed by atoms with van der Waals surface area (Å²) in [6.07, 6.45) is 2.91. The fraction of sp³-hybridized carbons (Fsp3) is 0.0625. The molecule has 0 atom stereocenters. The number of methoxy groups -OCH3 is 1. The lowest BCUT2D eigenvalue weighted by atomic mass is 10.2. The average molecular weight is 333 g/mol. The molecule has 0 radical (unpaired) electrons. The summed E-state index contributed by atoms with van der Waals surface area (Å²) >= 11 is 5.72. The third kappa shape index (κ3) is 4.31. The van der Waals surface area contributed by atoms with E-state index in [4.69, 9.17) is 16.3 Å². The number of nitro benzene ring substituents is 1. The van der Waals surface area contributed by atoms with Crippen LogP contribution in [-0.4, -0.2) is 17.9 Å². The van der Waals surface area contributed by atoms with Crippen LogP contribution in [0, 0.1) is 10.1 Å². The molecule has 0 unspecified atom stereocenters. The summed E-state index contributed by atoms with van der Waals surface area (Å²) in [5, 5.41) is 13.4. The summed E-state index contributed by atoms with van der Waals surface area (Å²) in [4.78, 5) is 22.1. The molecule has 7 heteroatoms. The van der Waals surface area contributed by atoms with Gasteiger partial charge in [0.2, 0.25) is 5.91 Å². The molecule has 0 aromatic heterocycles. The molecule has 0 heterocycles. The van der Waals surface area contributed by atoms with Crippen LogP contribution in [-0.2, 0) is 4.79 Å². The molecule has 2 aromatic rings. The van der Waals surface area contributed by atoms with Crippen LogP contribution >= 0.6 is 11.6 Å². The number of para-hydroxylation sites is 1. The lowest BCUT2D eigenvalue weighted by molar-refractivity contribution is -0.384. The van der Waals surface area contributed by atoms with Crippen LogP contribution in [0.5, 0.6) is 5.75 Å². The van der Waals surface area contributed by atoms with Gasteiger partial charge in [0.15, 0.2) is 0 Å². The van der Waals surface area contributed by atoms with Crippen LogP contribution in [0.15, 0.2) is 48.5 Å². The maximum Gasteiger partial charge on any atom is 0.289 e. The zero-order valence-corrected chi connectivity index (χ0v) is 12.9. The molecule has 2 aromatic carbocycles. The number of anilines is 1. The van der Waals surface area contributed by atoms with E-state index in [2.05, 4.69) is 5.32 Å². The third-order valence-corrected chi connectivity index (χ3v) is 3.28. The van der Waals surface area contributed by atoms with Gasteiger partial charge in [-0.3, -0.25) is 14.9 Å². The second kappa shape index (κ2) is 7.42. The molecule has 118 valence electrons. The van der Waals surface area contributed by atoms with Gasteiger partial charge in [-0.2, -0.15) is 0 Å². The molecular weight excluding hydrogens is 320 g/mol. The van der Waals surface area contributed by atoms with E-state index in [1.54, 1.807) is 25.3 Å². The number of amides is 1. The Labute approximate surface area is 137 Å². The van der Waals surface area contributed by atoms with Gasteiger partial charge in [-0.1, -0.05) is 29.8 Å². The average Bonchev–Trinajstić information content (AvgIpc) is 2.54. The first kappa shape index (κ1) is 16.5. The number of carbonyl (C=O) groups is 1. The Bertz CT molecular complexity index is 774. The third-order valence-electron chi connectivity index (χ3n) is 2.96. The van der Waals surface area contributed by atoms with Crippen molar-refractivity contribution in [2.45, 2.75) is 0 Å². The van der Waals surface area contributed by atoms with Crippen molar-refractivity contribution in [1.29, 1.82) is 0 Å². The highest BCUT2D eigenvalue weighted by molar-refractivity contribution is 6.32. The number of hydrogen-bond donors (Lipinski definition) is 1. The molecule has 0 bridgehead atoms. The van der Waals surface area contributed by atoms with Crippen molar-refractivity contribution in [1.82, 2.24) is 0 Å². The van der Waals surface area contributed by atoms with Gasteiger partial charge >= 0.3 is 0 Å². The second-order valence-corrected chi connectivity index (χ2v) is 4.90. The molecular formula is C16H13ClN2O4. The summed E-state index contributed by atoms with van der Waals surface area (Å²) in [5.41, 5.74) is 0.765. The van der Waals surface area contributed by atoms with E-state index in [1.807, 2.05) is 12.1 Å². The van der Waals surface area contributed by atoms with E-state index >= 15 is 0 Å². The normalized spacial score (nSPS) is 10.5. The Morgan fingerprint density at radius 3 is 2.74 bits per heavy atom. The summed E-state index contributed by atoms with van der Waals surface area (Å²) in [6.45, 7) is 0. The van der Waals surface area contributed by atoms with Crippen molar-refractivity contribution in [3.63, 3.8) is 0 Å². The Morgan fingerprint density at radius 2 is 2.04 bits per heavy atom. The smallest absolute Gasteiger partial charge is 0.289 e.